The standard InChI is InChI=1S/C20H21Cl2NO2/c21-16-9-10-18(22)19(12-16)25-13-14-5-4-6-15(11-14)20(24)23-17-7-2-1-3-8-17/h4-6,9-12,17H,1-3,7-8,13H2,(H,23,24). The van der Waals surface area contributed by atoms with E-state index in [0.29, 0.717) is 34.0 Å². The molecule has 1 saturated carbocycles. The van der Waals surface area contributed by atoms with Crippen LogP contribution in [0.4, 0.5) is 0 Å². The third kappa shape index (κ3) is 5.13. The normalized spacial score (nSPS) is 15.0. The quantitative estimate of drug-likeness (QED) is 0.732. The van der Waals surface area contributed by atoms with Gasteiger partial charge in [0.2, 0.25) is 0 Å². The van der Waals surface area contributed by atoms with Crippen molar-refractivity contribution in [1.29, 1.82) is 0 Å². The van der Waals surface area contributed by atoms with Crippen molar-refractivity contribution in [1.82, 2.24) is 5.32 Å². The van der Waals surface area contributed by atoms with Crippen molar-refractivity contribution >= 4 is 29.1 Å². The SMILES string of the molecule is O=C(NC1CCCCC1)c1cccc(COc2cc(Cl)ccc2Cl)c1. The molecule has 0 bridgehead atoms. The lowest BCUT2D eigenvalue weighted by Gasteiger charge is -2.22. The van der Waals surface area contributed by atoms with Crippen molar-refractivity contribution in [3.05, 3.63) is 63.6 Å². The molecule has 1 fully saturated rings. The molecule has 132 valence electrons. The Morgan fingerprint density at radius 3 is 2.68 bits per heavy atom. The van der Waals surface area contributed by atoms with Crippen LogP contribution in [0, 0.1) is 0 Å². The number of carbonyl (C=O) groups is 1. The second kappa shape index (κ2) is 8.59. The van der Waals surface area contributed by atoms with E-state index < -0.39 is 0 Å². The van der Waals surface area contributed by atoms with Gasteiger partial charge in [-0.3, -0.25) is 4.79 Å². The number of halogens is 2. The average Bonchev–Trinajstić information content (AvgIpc) is 2.63. The first-order chi connectivity index (χ1) is 12.1. The van der Waals surface area contributed by atoms with Crippen LogP contribution < -0.4 is 10.1 Å². The topological polar surface area (TPSA) is 38.3 Å². The predicted molar refractivity (Wildman–Crippen MR) is 102 cm³/mol. The van der Waals surface area contributed by atoms with Crippen LogP contribution in [0.5, 0.6) is 5.75 Å². The van der Waals surface area contributed by atoms with Gasteiger partial charge in [0.05, 0.1) is 5.02 Å². The number of hydrogen-bond acceptors (Lipinski definition) is 2. The number of amides is 1. The Balaban J connectivity index is 1.62. The Morgan fingerprint density at radius 1 is 1.08 bits per heavy atom. The van der Waals surface area contributed by atoms with E-state index >= 15 is 0 Å². The third-order valence-electron chi connectivity index (χ3n) is 4.42. The molecule has 3 nitrogen and oxygen atoms in total. The van der Waals surface area contributed by atoms with Gasteiger partial charge in [0.1, 0.15) is 12.4 Å². The fraction of sp³-hybridized carbons (Fsp3) is 0.350. The highest BCUT2D eigenvalue weighted by molar-refractivity contribution is 6.34. The van der Waals surface area contributed by atoms with Crippen molar-refractivity contribution in [3.8, 4) is 5.75 Å². The molecule has 1 amide bonds. The number of nitrogens with one attached hydrogen (secondary N) is 1. The highest BCUT2D eigenvalue weighted by Crippen LogP contribution is 2.28. The summed E-state index contributed by atoms with van der Waals surface area (Å²) in [5.41, 5.74) is 1.57. The number of benzene rings is 2. The van der Waals surface area contributed by atoms with Crippen LogP contribution in [0.25, 0.3) is 0 Å². The van der Waals surface area contributed by atoms with Gasteiger partial charge in [-0.15, -0.1) is 0 Å². The molecule has 25 heavy (non-hydrogen) atoms. The summed E-state index contributed by atoms with van der Waals surface area (Å²) in [7, 11) is 0. The molecular formula is C20H21Cl2NO2. The van der Waals surface area contributed by atoms with Gasteiger partial charge in [0, 0.05) is 22.7 Å². The number of hydrogen-bond donors (Lipinski definition) is 1. The van der Waals surface area contributed by atoms with E-state index in [4.69, 9.17) is 27.9 Å². The first kappa shape index (κ1) is 18.1. The van der Waals surface area contributed by atoms with Gasteiger partial charge in [-0.25, -0.2) is 0 Å². The second-order valence-electron chi connectivity index (χ2n) is 6.37. The Hall–Kier alpha value is -1.71. The summed E-state index contributed by atoms with van der Waals surface area (Å²) in [5, 5.41) is 4.21. The highest BCUT2D eigenvalue weighted by Gasteiger charge is 2.16. The molecule has 1 aliphatic carbocycles. The Bertz CT molecular complexity index is 742. The molecule has 0 spiro atoms. The molecule has 2 aromatic rings. The van der Waals surface area contributed by atoms with Crippen LogP contribution in [-0.2, 0) is 6.61 Å². The lowest BCUT2D eigenvalue weighted by molar-refractivity contribution is 0.0927. The molecule has 0 aromatic heterocycles. The van der Waals surface area contributed by atoms with Crippen LogP contribution in [0.1, 0.15) is 48.0 Å². The molecule has 0 radical (unpaired) electrons. The zero-order valence-corrected chi connectivity index (χ0v) is 15.4. The third-order valence-corrected chi connectivity index (χ3v) is 4.96. The van der Waals surface area contributed by atoms with E-state index in [0.717, 1.165) is 18.4 Å². The Labute approximate surface area is 158 Å². The Kier molecular flexibility index (Phi) is 6.22. The molecule has 5 heteroatoms. The number of rotatable bonds is 5. The van der Waals surface area contributed by atoms with Gasteiger partial charge >= 0.3 is 0 Å². The van der Waals surface area contributed by atoms with E-state index in [9.17, 15) is 4.79 Å². The maximum Gasteiger partial charge on any atom is 0.251 e. The van der Waals surface area contributed by atoms with E-state index in [1.165, 1.54) is 19.3 Å². The van der Waals surface area contributed by atoms with Crippen LogP contribution in [-0.4, -0.2) is 11.9 Å². The second-order valence-corrected chi connectivity index (χ2v) is 7.22. The summed E-state index contributed by atoms with van der Waals surface area (Å²) >= 11 is 12.1. The molecule has 1 aliphatic rings. The van der Waals surface area contributed by atoms with E-state index in [-0.39, 0.29) is 5.91 Å². The monoisotopic (exact) mass is 377 g/mol. The van der Waals surface area contributed by atoms with E-state index in [1.807, 2.05) is 24.3 Å². The van der Waals surface area contributed by atoms with Gasteiger partial charge in [0.25, 0.3) is 5.91 Å². The zero-order chi connectivity index (χ0) is 17.6. The summed E-state index contributed by atoms with van der Waals surface area (Å²) in [4.78, 5) is 12.4. The first-order valence-electron chi connectivity index (χ1n) is 8.59. The van der Waals surface area contributed by atoms with Gasteiger partial charge in [-0.2, -0.15) is 0 Å². The molecule has 0 saturated heterocycles. The molecule has 0 unspecified atom stereocenters. The minimum atomic E-state index is -0.0189. The first-order valence-corrected chi connectivity index (χ1v) is 9.35. The summed E-state index contributed by atoms with van der Waals surface area (Å²) in [6, 6.07) is 12.9. The molecule has 1 N–H and O–H groups in total. The van der Waals surface area contributed by atoms with Crippen molar-refractivity contribution in [2.24, 2.45) is 0 Å². The summed E-state index contributed by atoms with van der Waals surface area (Å²) in [6.45, 7) is 0.324. The van der Waals surface area contributed by atoms with Crippen molar-refractivity contribution in [2.45, 2.75) is 44.8 Å². The fourth-order valence-electron chi connectivity index (χ4n) is 3.07. The van der Waals surface area contributed by atoms with Gasteiger partial charge < -0.3 is 10.1 Å². The maximum atomic E-state index is 12.4. The van der Waals surface area contributed by atoms with Gasteiger partial charge in [0.15, 0.2) is 0 Å². The van der Waals surface area contributed by atoms with Crippen LogP contribution in [0.2, 0.25) is 10.0 Å². The van der Waals surface area contributed by atoms with Gasteiger partial charge in [-0.1, -0.05) is 54.6 Å². The minimum Gasteiger partial charge on any atom is -0.487 e. The lowest BCUT2D eigenvalue weighted by atomic mass is 9.95. The van der Waals surface area contributed by atoms with Gasteiger partial charge in [-0.05, 0) is 42.7 Å². The average molecular weight is 378 g/mol. The summed E-state index contributed by atoms with van der Waals surface area (Å²) < 4.78 is 5.74. The molecule has 2 aromatic carbocycles. The van der Waals surface area contributed by atoms with E-state index in [1.54, 1.807) is 18.2 Å². The smallest absolute Gasteiger partial charge is 0.251 e. The Morgan fingerprint density at radius 2 is 1.88 bits per heavy atom. The summed E-state index contributed by atoms with van der Waals surface area (Å²) in [6.07, 6.45) is 5.80. The van der Waals surface area contributed by atoms with Crippen LogP contribution in [0.3, 0.4) is 0 Å². The largest absolute Gasteiger partial charge is 0.487 e. The fourth-order valence-corrected chi connectivity index (χ4v) is 3.40. The highest BCUT2D eigenvalue weighted by atomic mass is 35.5. The predicted octanol–water partition coefficient (Wildman–Crippen LogP) is 5.63. The molecular weight excluding hydrogens is 357 g/mol. The molecule has 0 aliphatic heterocycles. The van der Waals surface area contributed by atoms with Crippen molar-refractivity contribution in [2.75, 3.05) is 0 Å². The van der Waals surface area contributed by atoms with Crippen LogP contribution >= 0.6 is 23.2 Å². The van der Waals surface area contributed by atoms with E-state index in [2.05, 4.69) is 5.32 Å². The van der Waals surface area contributed by atoms with Crippen LogP contribution in [0.15, 0.2) is 42.5 Å². The minimum absolute atomic E-state index is 0.0189. The molecule has 0 heterocycles. The van der Waals surface area contributed by atoms with Crippen molar-refractivity contribution in [3.63, 3.8) is 0 Å². The molecule has 3 rings (SSSR count). The zero-order valence-electron chi connectivity index (χ0n) is 13.9. The number of carbonyl (C=O) groups excluding carboxylic acids is 1. The van der Waals surface area contributed by atoms with Crippen molar-refractivity contribution < 1.29 is 9.53 Å². The summed E-state index contributed by atoms with van der Waals surface area (Å²) in [5.74, 6) is 0.515. The number of ether oxygens (including phenoxy) is 1. The molecule has 0 atom stereocenters. The maximum absolute atomic E-state index is 12.4. The lowest BCUT2D eigenvalue weighted by Crippen LogP contribution is -2.36.